The summed E-state index contributed by atoms with van der Waals surface area (Å²) in [5, 5.41) is 2.84. The van der Waals surface area contributed by atoms with Gasteiger partial charge in [0.25, 0.3) is 0 Å². The summed E-state index contributed by atoms with van der Waals surface area (Å²) in [5.41, 5.74) is 0. The van der Waals surface area contributed by atoms with E-state index in [9.17, 15) is 22.4 Å². The maximum atomic E-state index is 13.0. The van der Waals surface area contributed by atoms with E-state index in [0.29, 0.717) is 32.5 Å². The molecule has 1 aromatic carbocycles. The van der Waals surface area contributed by atoms with Crippen LogP contribution in [0, 0.1) is 11.7 Å². The van der Waals surface area contributed by atoms with Crippen LogP contribution in [-0.2, 0) is 19.6 Å². The Kier molecular flexibility index (Phi) is 7.32. The highest BCUT2D eigenvalue weighted by Gasteiger charge is 2.30. The maximum Gasteiger partial charge on any atom is 0.243 e. The summed E-state index contributed by atoms with van der Waals surface area (Å²) in [5.74, 6) is -1.22. The second-order valence-corrected chi connectivity index (χ2v) is 8.73. The van der Waals surface area contributed by atoms with E-state index in [1.54, 1.807) is 0 Å². The van der Waals surface area contributed by atoms with Crippen LogP contribution < -0.4 is 5.32 Å². The molecule has 0 aromatic heterocycles. The van der Waals surface area contributed by atoms with Crippen LogP contribution in [0.2, 0.25) is 0 Å². The molecule has 1 aliphatic rings. The van der Waals surface area contributed by atoms with E-state index in [0.717, 1.165) is 22.9 Å². The third-order valence-electron chi connectivity index (χ3n) is 4.57. The number of piperidine rings is 1. The molecule has 1 fully saturated rings. The van der Waals surface area contributed by atoms with E-state index in [1.165, 1.54) is 24.1 Å². The lowest BCUT2D eigenvalue weighted by Gasteiger charge is -2.33. The van der Waals surface area contributed by atoms with Gasteiger partial charge in [-0.3, -0.25) is 9.59 Å². The van der Waals surface area contributed by atoms with Crippen molar-refractivity contribution in [1.29, 1.82) is 0 Å². The Balaban J connectivity index is 1.98. The fourth-order valence-corrected chi connectivity index (χ4v) is 4.09. The maximum absolute atomic E-state index is 13.0. The number of sulfonamides is 1. The van der Waals surface area contributed by atoms with Crippen molar-refractivity contribution in [2.45, 2.75) is 31.1 Å². The Morgan fingerprint density at radius 2 is 1.96 bits per heavy atom. The summed E-state index contributed by atoms with van der Waals surface area (Å²) < 4.78 is 39.0. The van der Waals surface area contributed by atoms with Crippen molar-refractivity contribution >= 4 is 21.8 Å². The highest BCUT2D eigenvalue weighted by molar-refractivity contribution is 7.89. The summed E-state index contributed by atoms with van der Waals surface area (Å²) in [6, 6.07) is 4.46. The van der Waals surface area contributed by atoms with Crippen molar-refractivity contribution in [3.05, 3.63) is 30.1 Å². The zero-order valence-corrected chi connectivity index (χ0v) is 16.5. The number of nitrogens with zero attached hydrogens (tertiary/aromatic N) is 2. The van der Waals surface area contributed by atoms with Gasteiger partial charge in [0.2, 0.25) is 21.8 Å². The second kappa shape index (κ2) is 9.27. The molecule has 1 saturated heterocycles. The van der Waals surface area contributed by atoms with Crippen molar-refractivity contribution < 1.29 is 22.4 Å². The summed E-state index contributed by atoms with van der Waals surface area (Å²) in [6.45, 7) is 3.03. The van der Waals surface area contributed by atoms with Crippen LogP contribution in [0.1, 0.15) is 26.2 Å². The molecule has 0 aliphatic carbocycles. The molecule has 1 aliphatic heterocycles. The molecular formula is C18H26FN3O4S. The van der Waals surface area contributed by atoms with Gasteiger partial charge in [-0.1, -0.05) is 6.92 Å². The highest BCUT2D eigenvalue weighted by atomic mass is 32.2. The minimum Gasteiger partial charge on any atom is -0.356 e. The van der Waals surface area contributed by atoms with Crippen LogP contribution in [0.4, 0.5) is 4.39 Å². The molecule has 0 bridgehead atoms. The Bertz CT molecular complexity index is 767. The van der Waals surface area contributed by atoms with E-state index >= 15 is 0 Å². The van der Waals surface area contributed by atoms with Crippen LogP contribution >= 0.6 is 0 Å². The minimum absolute atomic E-state index is 0.0679. The molecule has 0 saturated carbocycles. The summed E-state index contributed by atoms with van der Waals surface area (Å²) >= 11 is 0. The van der Waals surface area contributed by atoms with E-state index < -0.39 is 15.8 Å². The van der Waals surface area contributed by atoms with Crippen LogP contribution in [0.25, 0.3) is 0 Å². The van der Waals surface area contributed by atoms with Gasteiger partial charge in [-0.25, -0.2) is 12.8 Å². The molecule has 2 amide bonds. The lowest BCUT2D eigenvalue weighted by Crippen LogP contribution is -2.48. The van der Waals surface area contributed by atoms with Crippen molar-refractivity contribution in [2.24, 2.45) is 5.92 Å². The van der Waals surface area contributed by atoms with Gasteiger partial charge in [0.1, 0.15) is 5.82 Å². The predicted octanol–water partition coefficient (Wildman–Crippen LogP) is 1.21. The third kappa shape index (κ3) is 5.49. The average molecular weight is 399 g/mol. The van der Waals surface area contributed by atoms with Gasteiger partial charge < -0.3 is 10.2 Å². The number of hydrogen-bond donors (Lipinski definition) is 1. The van der Waals surface area contributed by atoms with E-state index in [-0.39, 0.29) is 29.2 Å². The molecule has 9 heteroatoms. The summed E-state index contributed by atoms with van der Waals surface area (Å²) in [6.07, 6.45) is 2.25. The molecule has 1 aromatic rings. The van der Waals surface area contributed by atoms with Crippen LogP contribution in [0.3, 0.4) is 0 Å². The molecule has 1 unspecified atom stereocenters. The Morgan fingerprint density at radius 3 is 2.59 bits per heavy atom. The SMILES string of the molecule is CCCNC(=O)C1CCCN(C(=O)CN(C)S(=O)(=O)c2ccc(F)cc2)C1. The third-order valence-corrected chi connectivity index (χ3v) is 6.39. The zero-order valence-electron chi connectivity index (χ0n) is 15.7. The number of likely N-dealkylation sites (N-methyl/N-ethyl adjacent to an activating group) is 1. The van der Waals surface area contributed by atoms with Gasteiger partial charge in [-0.2, -0.15) is 4.31 Å². The molecule has 1 N–H and O–H groups in total. The van der Waals surface area contributed by atoms with Crippen LogP contribution in [0.5, 0.6) is 0 Å². The van der Waals surface area contributed by atoms with Gasteiger partial charge in [0.05, 0.1) is 17.4 Å². The molecule has 1 heterocycles. The first-order valence-corrected chi connectivity index (χ1v) is 10.5. The predicted molar refractivity (Wildman–Crippen MR) is 98.8 cm³/mol. The van der Waals surface area contributed by atoms with Crippen molar-refractivity contribution in [1.82, 2.24) is 14.5 Å². The van der Waals surface area contributed by atoms with Crippen molar-refractivity contribution in [3.63, 3.8) is 0 Å². The molecule has 1 atom stereocenters. The normalized spacial score (nSPS) is 17.8. The van der Waals surface area contributed by atoms with Crippen molar-refractivity contribution in [3.8, 4) is 0 Å². The van der Waals surface area contributed by atoms with Gasteiger partial charge in [-0.15, -0.1) is 0 Å². The van der Waals surface area contributed by atoms with Crippen molar-refractivity contribution in [2.75, 3.05) is 33.2 Å². The Hall–Kier alpha value is -2.00. The number of nitrogens with one attached hydrogen (secondary N) is 1. The zero-order chi connectivity index (χ0) is 20.0. The molecule has 2 rings (SSSR count). The molecule has 150 valence electrons. The first-order chi connectivity index (χ1) is 12.8. The Labute approximate surface area is 159 Å². The second-order valence-electron chi connectivity index (χ2n) is 6.68. The number of carbonyl (C=O) groups excluding carboxylic acids is 2. The van der Waals surface area contributed by atoms with E-state index in [1.807, 2.05) is 6.92 Å². The van der Waals surface area contributed by atoms with Gasteiger partial charge in [-0.05, 0) is 43.5 Å². The molecule has 27 heavy (non-hydrogen) atoms. The smallest absolute Gasteiger partial charge is 0.243 e. The lowest BCUT2D eigenvalue weighted by molar-refractivity contribution is -0.135. The Morgan fingerprint density at radius 1 is 1.30 bits per heavy atom. The molecular weight excluding hydrogens is 373 g/mol. The fraction of sp³-hybridized carbons (Fsp3) is 0.556. The number of likely N-dealkylation sites (tertiary alicyclic amines) is 1. The van der Waals surface area contributed by atoms with Crippen LogP contribution in [-0.4, -0.2) is 62.7 Å². The minimum atomic E-state index is -3.89. The largest absolute Gasteiger partial charge is 0.356 e. The first kappa shape index (κ1) is 21.3. The molecule has 0 radical (unpaired) electrons. The van der Waals surface area contributed by atoms with Gasteiger partial charge in [0, 0.05) is 26.7 Å². The number of amides is 2. The van der Waals surface area contributed by atoms with Gasteiger partial charge in [0.15, 0.2) is 0 Å². The summed E-state index contributed by atoms with van der Waals surface area (Å²) in [7, 11) is -2.58. The lowest BCUT2D eigenvalue weighted by atomic mass is 9.97. The number of benzene rings is 1. The number of hydrogen-bond acceptors (Lipinski definition) is 4. The highest BCUT2D eigenvalue weighted by Crippen LogP contribution is 2.19. The number of carbonyl (C=O) groups is 2. The molecule has 0 spiro atoms. The van der Waals surface area contributed by atoms with Crippen LogP contribution in [0.15, 0.2) is 29.2 Å². The first-order valence-electron chi connectivity index (χ1n) is 9.03. The standard InChI is InChI=1S/C18H26FN3O4S/c1-3-10-20-18(24)14-5-4-11-22(12-14)17(23)13-21(2)27(25,26)16-8-6-15(19)7-9-16/h6-9,14H,3-5,10-13H2,1-2H3,(H,20,24). The monoisotopic (exact) mass is 399 g/mol. The van der Waals surface area contributed by atoms with E-state index in [4.69, 9.17) is 0 Å². The van der Waals surface area contributed by atoms with E-state index in [2.05, 4.69) is 5.32 Å². The number of rotatable bonds is 7. The quantitative estimate of drug-likeness (QED) is 0.747. The fourth-order valence-electron chi connectivity index (χ4n) is 2.97. The average Bonchev–Trinajstić information content (AvgIpc) is 2.66. The van der Waals surface area contributed by atoms with Gasteiger partial charge >= 0.3 is 0 Å². The topological polar surface area (TPSA) is 86.8 Å². The number of halogens is 1. The molecule has 7 nitrogen and oxygen atoms in total. The summed E-state index contributed by atoms with van der Waals surface area (Å²) in [4.78, 5) is 26.1.